The zero-order valence-electron chi connectivity index (χ0n) is 14.8. The highest BCUT2D eigenvalue weighted by Crippen LogP contribution is 2.40. The van der Waals surface area contributed by atoms with Gasteiger partial charge in [-0.05, 0) is 43.4 Å². The third-order valence-corrected chi connectivity index (χ3v) is 4.64. The molecule has 4 nitrogen and oxygen atoms in total. The Morgan fingerprint density at radius 2 is 1.80 bits per heavy atom. The molecule has 0 aromatic heterocycles. The maximum atomic E-state index is 12.8. The van der Waals surface area contributed by atoms with E-state index in [0.29, 0.717) is 11.5 Å². The number of aryl methyl sites for hydroxylation is 2. The summed E-state index contributed by atoms with van der Waals surface area (Å²) in [6, 6.07) is 15.0. The maximum Gasteiger partial charge on any atom is 0.310 e. The number of ether oxygens (including phenoxy) is 1. The van der Waals surface area contributed by atoms with Gasteiger partial charge in [-0.2, -0.15) is 0 Å². The number of benzene rings is 2. The van der Waals surface area contributed by atoms with Gasteiger partial charge in [-0.1, -0.05) is 49.4 Å². The summed E-state index contributed by atoms with van der Waals surface area (Å²) in [6.07, 6.45) is -0.111. The Morgan fingerprint density at radius 3 is 2.44 bits per heavy atom. The molecule has 1 amide bonds. The van der Waals surface area contributed by atoms with Crippen LogP contribution >= 0.6 is 0 Å². The summed E-state index contributed by atoms with van der Waals surface area (Å²) in [5.41, 5.74) is 3.43. The highest BCUT2D eigenvalue weighted by molar-refractivity contribution is 5.97. The van der Waals surface area contributed by atoms with E-state index >= 15 is 0 Å². The lowest BCUT2D eigenvalue weighted by Gasteiger charge is -2.19. The van der Waals surface area contributed by atoms with E-state index in [-0.39, 0.29) is 17.8 Å². The molecule has 0 unspecified atom stereocenters. The molecule has 3 rings (SSSR count). The van der Waals surface area contributed by atoms with Gasteiger partial charge >= 0.3 is 5.97 Å². The van der Waals surface area contributed by atoms with Crippen molar-refractivity contribution >= 4 is 17.6 Å². The average molecular weight is 337 g/mol. The highest BCUT2D eigenvalue weighted by Gasteiger charge is 2.42. The molecular weight excluding hydrogens is 314 g/mol. The first-order valence-electron chi connectivity index (χ1n) is 8.59. The van der Waals surface area contributed by atoms with Gasteiger partial charge < -0.3 is 10.1 Å². The van der Waals surface area contributed by atoms with Crippen LogP contribution in [0.5, 0.6) is 0 Å². The van der Waals surface area contributed by atoms with Crippen LogP contribution in [0.15, 0.2) is 48.5 Å². The fraction of sp³-hybridized carbons (Fsp3) is 0.333. The molecule has 2 aromatic rings. The third kappa shape index (κ3) is 4.08. The van der Waals surface area contributed by atoms with Crippen molar-refractivity contribution in [2.24, 2.45) is 11.8 Å². The van der Waals surface area contributed by atoms with Crippen molar-refractivity contribution in [1.82, 2.24) is 0 Å². The summed E-state index contributed by atoms with van der Waals surface area (Å²) in [5, 5.41) is 2.91. The van der Waals surface area contributed by atoms with E-state index in [1.54, 1.807) is 12.1 Å². The smallest absolute Gasteiger partial charge is 0.310 e. The Kier molecular flexibility index (Phi) is 4.88. The number of nitrogens with one attached hydrogen (secondary N) is 1. The van der Waals surface area contributed by atoms with Crippen LogP contribution in [0.3, 0.4) is 0 Å². The van der Waals surface area contributed by atoms with Crippen LogP contribution in [0, 0.1) is 25.7 Å². The topological polar surface area (TPSA) is 55.4 Å². The van der Waals surface area contributed by atoms with E-state index in [1.807, 2.05) is 57.2 Å². The van der Waals surface area contributed by atoms with Gasteiger partial charge in [-0.3, -0.25) is 9.59 Å². The highest BCUT2D eigenvalue weighted by atomic mass is 16.5. The molecule has 0 radical (unpaired) electrons. The van der Waals surface area contributed by atoms with E-state index in [0.717, 1.165) is 23.2 Å². The van der Waals surface area contributed by atoms with Gasteiger partial charge in [-0.15, -0.1) is 0 Å². The van der Waals surface area contributed by atoms with E-state index in [1.165, 1.54) is 0 Å². The number of esters is 1. The maximum absolute atomic E-state index is 12.8. The Bertz CT molecular complexity index is 785. The number of rotatable bonds is 5. The Morgan fingerprint density at radius 1 is 1.12 bits per heavy atom. The summed E-state index contributed by atoms with van der Waals surface area (Å²) in [4.78, 5) is 25.1. The largest absolute Gasteiger partial charge is 0.447 e. The van der Waals surface area contributed by atoms with Gasteiger partial charge in [0.05, 0.1) is 5.92 Å². The Hall–Kier alpha value is -2.62. The van der Waals surface area contributed by atoms with Crippen LogP contribution in [0.1, 0.15) is 36.1 Å². The molecule has 0 saturated heterocycles. The minimum atomic E-state index is -0.943. The molecule has 1 N–H and O–H groups in total. The molecule has 1 saturated carbocycles. The van der Waals surface area contributed by atoms with Crippen LogP contribution in [0.2, 0.25) is 0 Å². The number of carbonyl (C=O) groups excluding carboxylic acids is 2. The van der Waals surface area contributed by atoms with E-state index in [9.17, 15) is 9.59 Å². The second kappa shape index (κ2) is 7.09. The van der Waals surface area contributed by atoms with E-state index < -0.39 is 6.10 Å². The molecule has 130 valence electrons. The number of anilines is 1. The van der Waals surface area contributed by atoms with E-state index in [2.05, 4.69) is 5.32 Å². The number of hydrogen-bond donors (Lipinski definition) is 1. The van der Waals surface area contributed by atoms with Crippen LogP contribution in [0.25, 0.3) is 0 Å². The van der Waals surface area contributed by atoms with Crippen molar-refractivity contribution in [2.75, 3.05) is 5.32 Å². The molecule has 1 aliphatic carbocycles. The van der Waals surface area contributed by atoms with Gasteiger partial charge in [0.15, 0.2) is 0 Å². The molecule has 4 heteroatoms. The van der Waals surface area contributed by atoms with Crippen LogP contribution in [0.4, 0.5) is 5.69 Å². The average Bonchev–Trinajstić information content (AvgIpc) is 3.33. The minimum absolute atomic E-state index is 0.0836. The molecule has 0 aliphatic heterocycles. The van der Waals surface area contributed by atoms with Gasteiger partial charge in [0, 0.05) is 11.3 Å². The summed E-state index contributed by atoms with van der Waals surface area (Å²) < 4.78 is 5.58. The van der Waals surface area contributed by atoms with Crippen LogP contribution < -0.4 is 5.32 Å². The summed E-state index contributed by atoms with van der Waals surface area (Å²) in [7, 11) is 0. The standard InChI is InChI=1S/C21H23NO3/c1-13-9-10-14(2)18(11-13)22-20(23)19(16-7-5-4-6-8-16)25-21(24)17-12-15(17)3/h4-11,15,17,19H,12H2,1-3H3,(H,22,23)/t15-,17+,19+/m0/s1. The van der Waals surface area contributed by atoms with Gasteiger partial charge in [0.2, 0.25) is 6.10 Å². The van der Waals surface area contributed by atoms with Crippen molar-refractivity contribution in [1.29, 1.82) is 0 Å². The first-order valence-corrected chi connectivity index (χ1v) is 8.59. The zero-order valence-corrected chi connectivity index (χ0v) is 14.8. The molecular formula is C21H23NO3. The minimum Gasteiger partial charge on any atom is -0.447 e. The first kappa shape index (κ1) is 17.2. The molecule has 1 aliphatic rings. The molecule has 1 fully saturated rings. The molecule has 0 heterocycles. The Labute approximate surface area is 148 Å². The molecule has 25 heavy (non-hydrogen) atoms. The number of amides is 1. The zero-order chi connectivity index (χ0) is 18.0. The predicted molar refractivity (Wildman–Crippen MR) is 97.1 cm³/mol. The second-order valence-electron chi connectivity index (χ2n) is 6.85. The first-order chi connectivity index (χ1) is 12.0. The van der Waals surface area contributed by atoms with Gasteiger partial charge in [0.25, 0.3) is 5.91 Å². The van der Waals surface area contributed by atoms with Crippen molar-refractivity contribution in [3.05, 3.63) is 65.2 Å². The van der Waals surface area contributed by atoms with Crippen molar-refractivity contribution in [3.63, 3.8) is 0 Å². The summed E-state index contributed by atoms with van der Waals surface area (Å²) >= 11 is 0. The molecule has 0 spiro atoms. The molecule has 0 bridgehead atoms. The van der Waals surface area contributed by atoms with Crippen molar-refractivity contribution in [2.45, 2.75) is 33.3 Å². The monoisotopic (exact) mass is 337 g/mol. The van der Waals surface area contributed by atoms with Crippen LogP contribution in [-0.2, 0) is 14.3 Å². The van der Waals surface area contributed by atoms with Gasteiger partial charge in [-0.25, -0.2) is 0 Å². The molecule has 2 aromatic carbocycles. The lowest BCUT2D eigenvalue weighted by Crippen LogP contribution is -2.27. The normalized spacial score (nSPS) is 19.8. The number of carbonyl (C=O) groups is 2. The van der Waals surface area contributed by atoms with Crippen LogP contribution in [-0.4, -0.2) is 11.9 Å². The lowest BCUT2D eigenvalue weighted by molar-refractivity contribution is -0.156. The fourth-order valence-electron chi connectivity index (χ4n) is 2.82. The predicted octanol–water partition coefficient (Wildman–Crippen LogP) is 4.18. The van der Waals surface area contributed by atoms with E-state index in [4.69, 9.17) is 4.74 Å². The molecule has 3 atom stereocenters. The number of hydrogen-bond acceptors (Lipinski definition) is 3. The Balaban J connectivity index is 1.81. The van der Waals surface area contributed by atoms with Gasteiger partial charge in [0.1, 0.15) is 0 Å². The van der Waals surface area contributed by atoms with Crippen molar-refractivity contribution < 1.29 is 14.3 Å². The SMILES string of the molecule is Cc1ccc(C)c(NC(=O)[C@H](OC(=O)[C@@H]2C[C@@H]2C)c2ccccc2)c1. The van der Waals surface area contributed by atoms with Crippen molar-refractivity contribution in [3.8, 4) is 0 Å². The summed E-state index contributed by atoms with van der Waals surface area (Å²) in [5.74, 6) is -0.371. The second-order valence-corrected chi connectivity index (χ2v) is 6.85. The quantitative estimate of drug-likeness (QED) is 0.833. The third-order valence-electron chi connectivity index (χ3n) is 4.64. The fourth-order valence-corrected chi connectivity index (χ4v) is 2.82. The lowest BCUT2D eigenvalue weighted by atomic mass is 10.1. The summed E-state index contributed by atoms with van der Waals surface area (Å²) in [6.45, 7) is 5.92.